The molecule has 1 aromatic rings. The minimum Gasteiger partial charge on any atom is -0.466 e. The van der Waals surface area contributed by atoms with Crippen molar-refractivity contribution in [1.82, 2.24) is 4.90 Å². The van der Waals surface area contributed by atoms with Crippen LogP contribution in [0.5, 0.6) is 0 Å². The first kappa shape index (κ1) is 19.0. The van der Waals surface area contributed by atoms with Crippen molar-refractivity contribution in [2.45, 2.75) is 39.7 Å². The number of hydrogen-bond acceptors (Lipinski definition) is 4. The summed E-state index contributed by atoms with van der Waals surface area (Å²) in [6.07, 6.45) is -0.152. The van der Waals surface area contributed by atoms with E-state index in [1.807, 2.05) is 0 Å². The predicted octanol–water partition coefficient (Wildman–Crippen LogP) is 3.70. The minimum atomic E-state index is -0.629. The van der Waals surface area contributed by atoms with Gasteiger partial charge in [-0.3, -0.25) is 0 Å². The molecule has 0 bridgehead atoms. The third-order valence-corrected chi connectivity index (χ3v) is 3.88. The van der Waals surface area contributed by atoms with Gasteiger partial charge in [0.1, 0.15) is 11.4 Å². The van der Waals surface area contributed by atoms with Crippen molar-refractivity contribution in [3.05, 3.63) is 40.7 Å². The summed E-state index contributed by atoms with van der Waals surface area (Å²) >= 11 is 0. The van der Waals surface area contributed by atoms with Gasteiger partial charge in [-0.15, -0.1) is 0 Å². The van der Waals surface area contributed by atoms with E-state index in [1.54, 1.807) is 39.8 Å². The summed E-state index contributed by atoms with van der Waals surface area (Å²) in [6, 6.07) is 4.88. The molecule has 2 rings (SSSR count). The summed E-state index contributed by atoms with van der Waals surface area (Å²) in [5.74, 6) is -0.953. The zero-order valence-corrected chi connectivity index (χ0v) is 15.3. The van der Waals surface area contributed by atoms with Crippen molar-refractivity contribution < 1.29 is 23.5 Å². The van der Waals surface area contributed by atoms with E-state index in [1.165, 1.54) is 18.1 Å². The Kier molecular flexibility index (Phi) is 5.50. The van der Waals surface area contributed by atoms with Gasteiger partial charge in [0.05, 0.1) is 19.2 Å². The first-order valence-corrected chi connectivity index (χ1v) is 8.17. The molecule has 0 fully saturated rings. The van der Waals surface area contributed by atoms with Crippen LogP contribution in [-0.2, 0) is 14.3 Å². The topological polar surface area (TPSA) is 55.8 Å². The molecule has 0 atom stereocenters. The number of nitrogens with zero attached hydrogens (tertiary/aromatic N) is 1. The van der Waals surface area contributed by atoms with E-state index in [2.05, 4.69) is 0 Å². The standard InChI is InChI=1S/C19H24FNO4/c1-12-6-7-14(16(20)10-12)13-8-9-21(11-15(13)17(22)24-5)18(23)25-19(2,3)4/h6-7,10H,8-9,11H2,1-5H3. The Morgan fingerprint density at radius 3 is 2.48 bits per heavy atom. The molecule has 5 nitrogen and oxygen atoms in total. The number of methoxy groups -OCH3 is 1. The van der Waals surface area contributed by atoms with Crippen LogP contribution in [-0.4, -0.2) is 42.8 Å². The number of esters is 1. The Labute approximate surface area is 147 Å². The molecule has 25 heavy (non-hydrogen) atoms. The molecule has 0 aromatic heterocycles. The summed E-state index contributed by atoms with van der Waals surface area (Å²) in [6.45, 7) is 7.51. The highest BCUT2D eigenvalue weighted by Crippen LogP contribution is 2.31. The molecule has 0 saturated carbocycles. The van der Waals surface area contributed by atoms with Crippen LogP contribution < -0.4 is 0 Å². The van der Waals surface area contributed by atoms with Gasteiger partial charge >= 0.3 is 12.1 Å². The van der Waals surface area contributed by atoms with Crippen LogP contribution in [0.3, 0.4) is 0 Å². The highest BCUT2D eigenvalue weighted by molar-refractivity contribution is 5.99. The number of halogens is 1. The fourth-order valence-corrected chi connectivity index (χ4v) is 2.72. The average Bonchev–Trinajstić information content (AvgIpc) is 2.52. The molecular formula is C19H24FNO4. The van der Waals surface area contributed by atoms with E-state index >= 15 is 0 Å². The first-order valence-electron chi connectivity index (χ1n) is 8.17. The molecule has 1 aromatic carbocycles. The highest BCUT2D eigenvalue weighted by atomic mass is 19.1. The maximum Gasteiger partial charge on any atom is 0.410 e. The van der Waals surface area contributed by atoms with Crippen molar-refractivity contribution in [3.8, 4) is 0 Å². The van der Waals surface area contributed by atoms with Crippen molar-refractivity contribution in [1.29, 1.82) is 0 Å². The number of rotatable bonds is 2. The summed E-state index contributed by atoms with van der Waals surface area (Å²) in [5, 5.41) is 0. The van der Waals surface area contributed by atoms with Crippen molar-refractivity contribution >= 4 is 17.6 Å². The molecule has 0 spiro atoms. The SMILES string of the molecule is COC(=O)C1=C(c2ccc(C)cc2F)CCN(C(=O)OC(C)(C)C)C1. The molecule has 1 amide bonds. The summed E-state index contributed by atoms with van der Waals surface area (Å²) in [7, 11) is 1.27. The van der Waals surface area contributed by atoms with Gasteiger partial charge in [0.25, 0.3) is 0 Å². The predicted molar refractivity (Wildman–Crippen MR) is 92.5 cm³/mol. The van der Waals surface area contributed by atoms with Gasteiger partial charge in [-0.2, -0.15) is 0 Å². The third kappa shape index (κ3) is 4.59. The molecule has 136 valence electrons. The van der Waals surface area contributed by atoms with Gasteiger partial charge in [0, 0.05) is 12.1 Å². The smallest absolute Gasteiger partial charge is 0.410 e. The zero-order valence-electron chi connectivity index (χ0n) is 15.3. The monoisotopic (exact) mass is 349 g/mol. The van der Waals surface area contributed by atoms with E-state index in [-0.39, 0.29) is 17.9 Å². The second kappa shape index (κ2) is 7.25. The van der Waals surface area contributed by atoms with Crippen LogP contribution in [0.4, 0.5) is 9.18 Å². The lowest BCUT2D eigenvalue weighted by molar-refractivity contribution is -0.136. The number of ether oxygens (including phenoxy) is 2. The van der Waals surface area contributed by atoms with Gasteiger partial charge in [-0.05, 0) is 51.3 Å². The highest BCUT2D eigenvalue weighted by Gasteiger charge is 2.31. The lowest BCUT2D eigenvalue weighted by Crippen LogP contribution is -2.42. The number of aryl methyl sites for hydroxylation is 1. The number of carbonyl (C=O) groups excluding carboxylic acids is 2. The Bertz CT molecular complexity index is 719. The molecule has 6 heteroatoms. The Hall–Kier alpha value is -2.37. The van der Waals surface area contributed by atoms with E-state index < -0.39 is 17.7 Å². The molecule has 1 aliphatic heterocycles. The van der Waals surface area contributed by atoms with Gasteiger partial charge in [-0.25, -0.2) is 14.0 Å². The van der Waals surface area contributed by atoms with Crippen LogP contribution in [0, 0.1) is 12.7 Å². The molecular weight excluding hydrogens is 325 g/mol. The van der Waals surface area contributed by atoms with E-state index in [9.17, 15) is 14.0 Å². The molecule has 0 N–H and O–H groups in total. The molecule has 0 aliphatic carbocycles. The second-order valence-electron chi connectivity index (χ2n) is 7.08. The lowest BCUT2D eigenvalue weighted by atomic mass is 9.92. The van der Waals surface area contributed by atoms with Gasteiger partial charge < -0.3 is 14.4 Å². The van der Waals surface area contributed by atoms with E-state index in [4.69, 9.17) is 9.47 Å². The number of hydrogen-bond donors (Lipinski definition) is 0. The molecule has 0 saturated heterocycles. The minimum absolute atomic E-state index is 0.0320. The molecule has 1 aliphatic rings. The number of carbonyl (C=O) groups is 2. The zero-order chi connectivity index (χ0) is 18.8. The maximum absolute atomic E-state index is 14.4. The number of amides is 1. The quantitative estimate of drug-likeness (QED) is 0.764. The lowest BCUT2D eigenvalue weighted by Gasteiger charge is -2.32. The third-order valence-electron chi connectivity index (χ3n) is 3.88. The maximum atomic E-state index is 14.4. The number of benzene rings is 1. The first-order chi connectivity index (χ1) is 11.6. The largest absolute Gasteiger partial charge is 0.466 e. The van der Waals surface area contributed by atoms with Crippen LogP contribution in [0.2, 0.25) is 0 Å². The van der Waals surface area contributed by atoms with E-state index in [0.717, 1.165) is 5.56 Å². The summed E-state index contributed by atoms with van der Waals surface area (Å²) < 4.78 is 24.6. The van der Waals surface area contributed by atoms with Gasteiger partial charge in [0.15, 0.2) is 0 Å². The van der Waals surface area contributed by atoms with Crippen LogP contribution in [0.1, 0.15) is 38.3 Å². The fourth-order valence-electron chi connectivity index (χ4n) is 2.72. The Morgan fingerprint density at radius 1 is 1.24 bits per heavy atom. The normalized spacial score (nSPS) is 15.2. The molecule has 0 radical (unpaired) electrons. The van der Waals surface area contributed by atoms with Crippen LogP contribution in [0.15, 0.2) is 23.8 Å². The summed E-state index contributed by atoms with van der Waals surface area (Å²) in [5.41, 5.74) is 1.39. The Balaban J connectivity index is 2.37. The van der Waals surface area contributed by atoms with Crippen molar-refractivity contribution in [2.75, 3.05) is 20.2 Å². The average molecular weight is 349 g/mol. The summed E-state index contributed by atoms with van der Waals surface area (Å²) in [4.78, 5) is 25.9. The fraction of sp³-hybridized carbons (Fsp3) is 0.474. The van der Waals surface area contributed by atoms with Crippen LogP contribution >= 0.6 is 0 Å². The second-order valence-corrected chi connectivity index (χ2v) is 7.08. The molecule has 0 unspecified atom stereocenters. The van der Waals surface area contributed by atoms with Crippen molar-refractivity contribution in [3.63, 3.8) is 0 Å². The van der Waals surface area contributed by atoms with Crippen LogP contribution in [0.25, 0.3) is 5.57 Å². The Morgan fingerprint density at radius 2 is 1.92 bits per heavy atom. The van der Waals surface area contributed by atoms with Crippen molar-refractivity contribution in [2.24, 2.45) is 0 Å². The van der Waals surface area contributed by atoms with Gasteiger partial charge in [0.2, 0.25) is 0 Å². The van der Waals surface area contributed by atoms with Gasteiger partial charge in [-0.1, -0.05) is 12.1 Å². The molecule has 1 heterocycles. The van der Waals surface area contributed by atoms with E-state index in [0.29, 0.717) is 24.1 Å².